The van der Waals surface area contributed by atoms with E-state index in [0.29, 0.717) is 17.1 Å². The number of rotatable bonds is 2. The standard InChI is InChI=1S/C17H13ClN4O/c18-12-3-4-14-13(8-12)17-20-6-7-22(17)16(21-14)9-15(23)11-2-1-5-19-10-11/h1-5,8-10,21H,6-7H2/b16-9+. The van der Waals surface area contributed by atoms with E-state index in [1.54, 1.807) is 30.6 Å². The third kappa shape index (κ3) is 2.49. The van der Waals surface area contributed by atoms with Crippen molar-refractivity contribution in [3.8, 4) is 0 Å². The van der Waals surface area contributed by atoms with Gasteiger partial charge in [-0.25, -0.2) is 0 Å². The molecule has 0 unspecified atom stereocenters. The van der Waals surface area contributed by atoms with Gasteiger partial charge in [-0.3, -0.25) is 14.8 Å². The summed E-state index contributed by atoms with van der Waals surface area (Å²) in [5.74, 6) is 1.49. The topological polar surface area (TPSA) is 57.6 Å². The molecule has 2 aliphatic rings. The monoisotopic (exact) mass is 324 g/mol. The number of aromatic nitrogens is 1. The molecule has 114 valence electrons. The molecule has 2 aromatic rings. The lowest BCUT2D eigenvalue weighted by Crippen LogP contribution is -2.36. The molecule has 0 bridgehead atoms. The van der Waals surface area contributed by atoms with Gasteiger partial charge in [-0.2, -0.15) is 0 Å². The summed E-state index contributed by atoms with van der Waals surface area (Å²) in [5.41, 5.74) is 2.42. The number of carbonyl (C=O) groups is 1. The van der Waals surface area contributed by atoms with Crippen LogP contribution in [0, 0.1) is 0 Å². The molecule has 1 N–H and O–H groups in total. The minimum atomic E-state index is -0.0933. The average molecular weight is 325 g/mol. The van der Waals surface area contributed by atoms with Crippen molar-refractivity contribution >= 4 is 28.9 Å². The number of hydrogen-bond acceptors (Lipinski definition) is 5. The van der Waals surface area contributed by atoms with Crippen LogP contribution in [0.25, 0.3) is 0 Å². The molecule has 0 atom stereocenters. The van der Waals surface area contributed by atoms with Crippen LogP contribution in [0.4, 0.5) is 5.69 Å². The number of allylic oxidation sites excluding steroid dienone is 1. The Morgan fingerprint density at radius 3 is 3.09 bits per heavy atom. The average Bonchev–Trinajstić information content (AvgIpc) is 3.06. The van der Waals surface area contributed by atoms with Gasteiger partial charge < -0.3 is 10.2 Å². The van der Waals surface area contributed by atoms with Gasteiger partial charge in [0.05, 0.1) is 12.2 Å². The molecule has 0 aliphatic carbocycles. The molecular weight excluding hydrogens is 312 g/mol. The largest absolute Gasteiger partial charge is 0.341 e. The van der Waals surface area contributed by atoms with Crippen LogP contribution in [0.1, 0.15) is 15.9 Å². The van der Waals surface area contributed by atoms with Gasteiger partial charge in [0.15, 0.2) is 5.78 Å². The molecule has 0 radical (unpaired) electrons. The smallest absolute Gasteiger partial charge is 0.191 e. The first-order valence-electron chi connectivity index (χ1n) is 7.27. The molecule has 5 nitrogen and oxygen atoms in total. The molecule has 23 heavy (non-hydrogen) atoms. The summed E-state index contributed by atoms with van der Waals surface area (Å²) in [4.78, 5) is 23.0. The lowest BCUT2D eigenvalue weighted by Gasteiger charge is -2.31. The van der Waals surface area contributed by atoms with Crippen LogP contribution in [0.5, 0.6) is 0 Å². The zero-order valence-electron chi connectivity index (χ0n) is 12.2. The van der Waals surface area contributed by atoms with Crippen molar-refractivity contribution in [3.05, 3.63) is 70.8 Å². The Balaban J connectivity index is 1.74. The summed E-state index contributed by atoms with van der Waals surface area (Å²) < 4.78 is 0. The number of benzene rings is 1. The second-order valence-corrected chi connectivity index (χ2v) is 5.74. The number of anilines is 1. The second-order valence-electron chi connectivity index (χ2n) is 5.31. The molecule has 0 fully saturated rings. The van der Waals surface area contributed by atoms with Crippen LogP contribution in [0.3, 0.4) is 0 Å². The summed E-state index contributed by atoms with van der Waals surface area (Å²) in [6, 6.07) is 9.11. The van der Waals surface area contributed by atoms with Gasteiger partial charge in [0, 0.05) is 41.2 Å². The van der Waals surface area contributed by atoms with Crippen molar-refractivity contribution in [1.82, 2.24) is 9.88 Å². The van der Waals surface area contributed by atoms with E-state index in [4.69, 9.17) is 11.6 Å². The number of aliphatic imine (C=N–C) groups is 1. The summed E-state index contributed by atoms with van der Waals surface area (Å²) >= 11 is 6.09. The van der Waals surface area contributed by atoms with Crippen molar-refractivity contribution in [2.24, 2.45) is 4.99 Å². The Hall–Kier alpha value is -2.66. The van der Waals surface area contributed by atoms with E-state index < -0.39 is 0 Å². The Morgan fingerprint density at radius 1 is 1.35 bits per heavy atom. The highest BCUT2D eigenvalue weighted by atomic mass is 35.5. The number of carbonyl (C=O) groups excluding carboxylic acids is 1. The quantitative estimate of drug-likeness (QED) is 0.681. The highest BCUT2D eigenvalue weighted by Crippen LogP contribution is 2.31. The molecule has 1 aromatic carbocycles. The number of halogens is 1. The number of nitrogens with zero attached hydrogens (tertiary/aromatic N) is 3. The molecule has 4 rings (SSSR count). The van der Waals surface area contributed by atoms with Crippen LogP contribution in [0.2, 0.25) is 5.02 Å². The van der Waals surface area contributed by atoms with Gasteiger partial charge >= 0.3 is 0 Å². The third-order valence-electron chi connectivity index (χ3n) is 3.83. The zero-order chi connectivity index (χ0) is 15.8. The van der Waals surface area contributed by atoms with Crippen LogP contribution >= 0.6 is 11.6 Å². The summed E-state index contributed by atoms with van der Waals surface area (Å²) in [7, 11) is 0. The van der Waals surface area contributed by atoms with E-state index in [0.717, 1.165) is 29.5 Å². The molecule has 2 aliphatic heterocycles. The lowest BCUT2D eigenvalue weighted by atomic mass is 10.1. The van der Waals surface area contributed by atoms with Crippen LogP contribution in [0.15, 0.2) is 59.6 Å². The van der Waals surface area contributed by atoms with Gasteiger partial charge in [-0.05, 0) is 30.3 Å². The molecular formula is C17H13ClN4O. The molecule has 0 saturated carbocycles. The summed E-state index contributed by atoms with van der Waals surface area (Å²) in [6.07, 6.45) is 4.80. The Bertz CT molecular complexity index is 845. The van der Waals surface area contributed by atoms with Crippen molar-refractivity contribution in [3.63, 3.8) is 0 Å². The number of fused-ring (bicyclic) bond motifs is 3. The maximum absolute atomic E-state index is 12.4. The van der Waals surface area contributed by atoms with Crippen LogP contribution < -0.4 is 5.32 Å². The maximum Gasteiger partial charge on any atom is 0.191 e. The number of hydrogen-bond donors (Lipinski definition) is 1. The van der Waals surface area contributed by atoms with Crippen LogP contribution in [-0.4, -0.2) is 34.6 Å². The molecule has 0 spiro atoms. The van der Waals surface area contributed by atoms with E-state index in [2.05, 4.69) is 15.3 Å². The van der Waals surface area contributed by atoms with Crippen molar-refractivity contribution in [1.29, 1.82) is 0 Å². The Morgan fingerprint density at radius 2 is 2.26 bits per heavy atom. The fraction of sp³-hybridized carbons (Fsp3) is 0.118. The van der Waals surface area contributed by atoms with Gasteiger partial charge in [-0.15, -0.1) is 0 Å². The van der Waals surface area contributed by atoms with E-state index in [9.17, 15) is 4.79 Å². The predicted molar refractivity (Wildman–Crippen MR) is 89.8 cm³/mol. The first-order valence-corrected chi connectivity index (χ1v) is 7.65. The number of nitrogens with one attached hydrogen (secondary N) is 1. The predicted octanol–water partition coefficient (Wildman–Crippen LogP) is 2.95. The fourth-order valence-corrected chi connectivity index (χ4v) is 2.93. The summed E-state index contributed by atoms with van der Waals surface area (Å²) in [6.45, 7) is 1.43. The highest BCUT2D eigenvalue weighted by molar-refractivity contribution is 6.31. The van der Waals surface area contributed by atoms with Gasteiger partial charge in [-0.1, -0.05) is 11.6 Å². The second kappa shape index (κ2) is 5.52. The van der Waals surface area contributed by atoms with E-state index in [-0.39, 0.29) is 5.78 Å². The Kier molecular flexibility index (Phi) is 3.35. The molecule has 0 amide bonds. The molecule has 3 heterocycles. The van der Waals surface area contributed by atoms with E-state index in [1.807, 2.05) is 23.1 Å². The van der Waals surface area contributed by atoms with E-state index >= 15 is 0 Å². The van der Waals surface area contributed by atoms with Crippen molar-refractivity contribution < 1.29 is 4.79 Å². The zero-order valence-corrected chi connectivity index (χ0v) is 12.9. The lowest BCUT2D eigenvalue weighted by molar-refractivity contribution is 0.104. The van der Waals surface area contributed by atoms with Crippen molar-refractivity contribution in [2.75, 3.05) is 18.4 Å². The first kappa shape index (κ1) is 14.0. The normalized spacial score (nSPS) is 17.3. The van der Waals surface area contributed by atoms with Crippen molar-refractivity contribution in [2.45, 2.75) is 0 Å². The minimum Gasteiger partial charge on any atom is -0.341 e. The Labute approximate surface area is 138 Å². The van der Waals surface area contributed by atoms with Gasteiger partial charge in [0.2, 0.25) is 0 Å². The molecule has 0 saturated heterocycles. The SMILES string of the molecule is O=C(/C=C1\Nc2ccc(Cl)cc2C2=NCCN21)c1cccnc1. The van der Waals surface area contributed by atoms with E-state index in [1.165, 1.54) is 0 Å². The maximum atomic E-state index is 12.4. The third-order valence-corrected chi connectivity index (χ3v) is 4.07. The molecule has 6 heteroatoms. The summed E-state index contributed by atoms with van der Waals surface area (Å²) in [5, 5.41) is 3.97. The minimum absolute atomic E-state index is 0.0933. The number of amidine groups is 1. The molecule has 1 aromatic heterocycles. The number of pyridine rings is 1. The van der Waals surface area contributed by atoms with Gasteiger partial charge in [0.1, 0.15) is 11.7 Å². The highest BCUT2D eigenvalue weighted by Gasteiger charge is 2.29. The fourth-order valence-electron chi connectivity index (χ4n) is 2.76. The van der Waals surface area contributed by atoms with Gasteiger partial charge in [0.25, 0.3) is 0 Å². The first-order chi connectivity index (χ1) is 11.2. The van der Waals surface area contributed by atoms with Crippen LogP contribution in [-0.2, 0) is 0 Å². The number of ketones is 1.